The maximum absolute atomic E-state index is 13.1. The van der Waals surface area contributed by atoms with Crippen molar-refractivity contribution < 1.29 is 4.39 Å². The molecule has 0 bridgehead atoms. The van der Waals surface area contributed by atoms with Crippen LogP contribution in [0.3, 0.4) is 0 Å². The lowest BCUT2D eigenvalue weighted by Gasteiger charge is -2.26. The minimum Gasteiger partial charge on any atom is -0.325 e. The number of halogens is 1. The Kier molecular flexibility index (Phi) is 4.39. The van der Waals surface area contributed by atoms with E-state index in [0.717, 1.165) is 24.3 Å². The van der Waals surface area contributed by atoms with E-state index >= 15 is 0 Å². The summed E-state index contributed by atoms with van der Waals surface area (Å²) in [5.41, 5.74) is 7.15. The Hall–Kier alpha value is -0.890. The second-order valence-corrected chi connectivity index (χ2v) is 6.15. The lowest BCUT2D eigenvalue weighted by molar-refractivity contribution is 0.363. The lowest BCUT2D eigenvalue weighted by Crippen LogP contribution is -2.38. The van der Waals surface area contributed by atoms with Crippen molar-refractivity contribution in [3.63, 3.8) is 0 Å². The van der Waals surface area contributed by atoms with Gasteiger partial charge in [-0.1, -0.05) is 37.8 Å². The van der Waals surface area contributed by atoms with Gasteiger partial charge in [-0.3, -0.25) is 0 Å². The van der Waals surface area contributed by atoms with Gasteiger partial charge in [-0.25, -0.2) is 4.39 Å². The van der Waals surface area contributed by atoms with Gasteiger partial charge in [-0.05, 0) is 49.8 Å². The van der Waals surface area contributed by atoms with Crippen LogP contribution in [-0.4, -0.2) is 5.54 Å². The molecule has 1 fully saturated rings. The van der Waals surface area contributed by atoms with Gasteiger partial charge < -0.3 is 5.73 Å². The van der Waals surface area contributed by atoms with Crippen molar-refractivity contribution in [3.05, 3.63) is 35.6 Å². The Morgan fingerprint density at radius 2 is 2.06 bits per heavy atom. The van der Waals surface area contributed by atoms with Crippen LogP contribution in [-0.2, 0) is 6.42 Å². The fraction of sp³-hybridized carbons (Fsp3) is 0.625. The topological polar surface area (TPSA) is 26.0 Å². The molecule has 1 aromatic rings. The molecule has 1 aliphatic rings. The average molecular weight is 249 g/mol. The first-order valence-electron chi connectivity index (χ1n) is 7.08. The van der Waals surface area contributed by atoms with Gasteiger partial charge in [0.05, 0.1) is 0 Å². The Morgan fingerprint density at radius 3 is 2.72 bits per heavy atom. The van der Waals surface area contributed by atoms with Gasteiger partial charge in [0, 0.05) is 5.54 Å². The molecule has 0 heterocycles. The van der Waals surface area contributed by atoms with Crippen LogP contribution in [0.4, 0.5) is 4.39 Å². The first-order valence-corrected chi connectivity index (χ1v) is 7.08. The van der Waals surface area contributed by atoms with E-state index in [4.69, 9.17) is 5.73 Å². The van der Waals surface area contributed by atoms with E-state index in [9.17, 15) is 4.39 Å². The third-order valence-electron chi connectivity index (χ3n) is 4.10. The number of benzene rings is 1. The number of nitrogens with two attached hydrogens (primary N) is 1. The van der Waals surface area contributed by atoms with E-state index in [2.05, 4.69) is 6.92 Å². The SMILES string of the molecule is CC(N)(CCC1CCCC1)Cc1cccc(F)c1. The van der Waals surface area contributed by atoms with Crippen LogP contribution < -0.4 is 5.73 Å². The molecule has 1 saturated carbocycles. The molecule has 1 nitrogen and oxygen atoms in total. The van der Waals surface area contributed by atoms with E-state index in [1.165, 1.54) is 38.2 Å². The second-order valence-electron chi connectivity index (χ2n) is 6.15. The summed E-state index contributed by atoms with van der Waals surface area (Å²) >= 11 is 0. The molecule has 2 heteroatoms. The number of hydrogen-bond donors (Lipinski definition) is 1. The molecular formula is C16H24FN. The zero-order chi connectivity index (χ0) is 13.0. The molecule has 2 rings (SSSR count). The fourth-order valence-electron chi connectivity index (χ4n) is 3.03. The Labute approximate surface area is 110 Å². The molecule has 0 radical (unpaired) electrons. The van der Waals surface area contributed by atoms with Crippen molar-refractivity contribution in [3.8, 4) is 0 Å². The Balaban J connectivity index is 1.85. The molecule has 1 unspecified atom stereocenters. The van der Waals surface area contributed by atoms with Crippen LogP contribution >= 0.6 is 0 Å². The molecule has 0 spiro atoms. The summed E-state index contributed by atoms with van der Waals surface area (Å²) in [6.45, 7) is 2.09. The minimum atomic E-state index is -0.212. The predicted octanol–water partition coefficient (Wildman–Crippen LogP) is 4.06. The quantitative estimate of drug-likeness (QED) is 0.837. The highest BCUT2D eigenvalue weighted by molar-refractivity contribution is 5.18. The molecule has 0 aliphatic heterocycles. The largest absolute Gasteiger partial charge is 0.325 e. The maximum Gasteiger partial charge on any atom is 0.123 e. The molecule has 2 N–H and O–H groups in total. The van der Waals surface area contributed by atoms with E-state index in [0.29, 0.717) is 0 Å². The van der Waals surface area contributed by atoms with Gasteiger partial charge in [0.1, 0.15) is 5.82 Å². The third kappa shape index (κ3) is 4.09. The van der Waals surface area contributed by atoms with Crippen LogP contribution in [0.2, 0.25) is 0 Å². The molecule has 1 aromatic carbocycles. The van der Waals surface area contributed by atoms with Crippen LogP contribution in [0, 0.1) is 11.7 Å². The molecular weight excluding hydrogens is 225 g/mol. The summed E-state index contributed by atoms with van der Waals surface area (Å²) in [5.74, 6) is 0.708. The second kappa shape index (κ2) is 5.83. The van der Waals surface area contributed by atoms with Crippen LogP contribution in [0.5, 0.6) is 0 Å². The third-order valence-corrected chi connectivity index (χ3v) is 4.10. The summed E-state index contributed by atoms with van der Waals surface area (Å²) in [4.78, 5) is 0. The molecule has 0 amide bonds. The lowest BCUT2D eigenvalue weighted by atomic mass is 9.86. The number of hydrogen-bond acceptors (Lipinski definition) is 1. The summed E-state index contributed by atoms with van der Waals surface area (Å²) in [6.07, 6.45) is 8.53. The van der Waals surface area contributed by atoms with E-state index in [1.54, 1.807) is 12.1 Å². The smallest absolute Gasteiger partial charge is 0.123 e. The van der Waals surface area contributed by atoms with Crippen LogP contribution in [0.25, 0.3) is 0 Å². The molecule has 0 saturated heterocycles. The van der Waals surface area contributed by atoms with Crippen LogP contribution in [0.15, 0.2) is 24.3 Å². The highest BCUT2D eigenvalue weighted by Crippen LogP contribution is 2.30. The van der Waals surface area contributed by atoms with E-state index in [1.807, 2.05) is 6.07 Å². The van der Waals surface area contributed by atoms with E-state index in [-0.39, 0.29) is 11.4 Å². The number of rotatable bonds is 5. The minimum absolute atomic E-state index is 0.168. The molecule has 1 aliphatic carbocycles. The highest BCUT2D eigenvalue weighted by Gasteiger charge is 2.23. The molecule has 100 valence electrons. The molecule has 0 aromatic heterocycles. The van der Waals surface area contributed by atoms with Gasteiger partial charge in [0.25, 0.3) is 0 Å². The van der Waals surface area contributed by atoms with Gasteiger partial charge in [0.2, 0.25) is 0 Å². The summed E-state index contributed by atoms with van der Waals surface area (Å²) in [5, 5.41) is 0. The van der Waals surface area contributed by atoms with Crippen molar-refractivity contribution in [2.45, 2.75) is 57.4 Å². The average Bonchev–Trinajstić information content (AvgIpc) is 2.78. The zero-order valence-electron chi connectivity index (χ0n) is 11.3. The Morgan fingerprint density at radius 1 is 1.33 bits per heavy atom. The summed E-state index contributed by atoms with van der Waals surface area (Å²) in [6, 6.07) is 6.80. The monoisotopic (exact) mass is 249 g/mol. The van der Waals surface area contributed by atoms with Crippen molar-refractivity contribution >= 4 is 0 Å². The van der Waals surface area contributed by atoms with Gasteiger partial charge in [0.15, 0.2) is 0 Å². The maximum atomic E-state index is 13.1. The summed E-state index contributed by atoms with van der Waals surface area (Å²) in [7, 11) is 0. The molecule has 18 heavy (non-hydrogen) atoms. The zero-order valence-corrected chi connectivity index (χ0v) is 11.3. The van der Waals surface area contributed by atoms with Crippen molar-refractivity contribution in [1.82, 2.24) is 0 Å². The predicted molar refractivity (Wildman–Crippen MR) is 73.9 cm³/mol. The molecule has 1 atom stereocenters. The van der Waals surface area contributed by atoms with Gasteiger partial charge >= 0.3 is 0 Å². The highest BCUT2D eigenvalue weighted by atomic mass is 19.1. The van der Waals surface area contributed by atoms with Crippen molar-refractivity contribution in [2.75, 3.05) is 0 Å². The van der Waals surface area contributed by atoms with Crippen LogP contribution in [0.1, 0.15) is 51.0 Å². The standard InChI is InChI=1S/C16H24FN/c1-16(18,10-9-13-5-2-3-6-13)12-14-7-4-8-15(17)11-14/h4,7-8,11,13H,2-3,5-6,9-10,12,18H2,1H3. The fourth-order valence-corrected chi connectivity index (χ4v) is 3.03. The van der Waals surface area contributed by atoms with Crippen molar-refractivity contribution in [2.24, 2.45) is 11.7 Å². The first-order chi connectivity index (χ1) is 8.55. The van der Waals surface area contributed by atoms with Gasteiger partial charge in [-0.2, -0.15) is 0 Å². The Bertz CT molecular complexity index is 380. The normalized spacial score (nSPS) is 19.9. The van der Waals surface area contributed by atoms with Gasteiger partial charge in [-0.15, -0.1) is 0 Å². The summed E-state index contributed by atoms with van der Waals surface area (Å²) < 4.78 is 13.1. The first kappa shape index (κ1) is 13.5. The van der Waals surface area contributed by atoms with E-state index < -0.39 is 0 Å². The van der Waals surface area contributed by atoms with Crippen molar-refractivity contribution in [1.29, 1.82) is 0 Å².